The van der Waals surface area contributed by atoms with Crippen molar-refractivity contribution in [2.24, 2.45) is 0 Å². The summed E-state index contributed by atoms with van der Waals surface area (Å²) in [6.07, 6.45) is 0. The Morgan fingerprint density at radius 2 is 1.96 bits per heavy atom. The van der Waals surface area contributed by atoms with Crippen LogP contribution >= 0.6 is 34.4 Å². The molecule has 0 bridgehead atoms. The second-order valence-corrected chi connectivity index (χ2v) is 8.02. The zero-order valence-electron chi connectivity index (χ0n) is 13.6. The number of nitrogens with one attached hydrogen (secondary N) is 2. The lowest BCUT2D eigenvalue weighted by Gasteiger charge is -2.02. The van der Waals surface area contributed by atoms with Crippen LogP contribution in [0, 0.1) is 0 Å². The second-order valence-electron chi connectivity index (χ2n) is 4.87. The van der Waals surface area contributed by atoms with E-state index in [2.05, 4.69) is 20.8 Å². The first-order valence-corrected chi connectivity index (χ1v) is 10.1. The average molecular weight is 407 g/mol. The molecule has 3 rings (SSSR count). The van der Waals surface area contributed by atoms with Crippen molar-refractivity contribution in [2.45, 2.75) is 4.34 Å². The number of nitrogens with zero attached hydrogens (tertiary/aromatic N) is 2. The summed E-state index contributed by atoms with van der Waals surface area (Å²) in [6.45, 7) is 0. The lowest BCUT2D eigenvalue weighted by atomic mass is 10.1. The van der Waals surface area contributed by atoms with Gasteiger partial charge in [0, 0.05) is 5.56 Å². The first-order chi connectivity index (χ1) is 12.6. The number of ketones is 1. The Morgan fingerprint density at radius 3 is 2.65 bits per heavy atom. The van der Waals surface area contributed by atoms with Gasteiger partial charge in [0.2, 0.25) is 5.13 Å². The smallest absolute Gasteiger partial charge is 0.326 e. The fraction of sp³-hybridized carbons (Fsp3) is 0.125. The van der Waals surface area contributed by atoms with Gasteiger partial charge in [0.05, 0.1) is 17.9 Å². The summed E-state index contributed by atoms with van der Waals surface area (Å²) in [5, 5.41) is 16.2. The molecule has 1 aromatic carbocycles. The summed E-state index contributed by atoms with van der Waals surface area (Å²) in [6, 6.07) is 10.2. The van der Waals surface area contributed by atoms with E-state index in [-0.39, 0.29) is 17.6 Å². The van der Waals surface area contributed by atoms with E-state index in [0.717, 1.165) is 5.00 Å². The number of Topliss-reactive ketones (excluding diaryl/α,β-unsaturated/α-hetero) is 1. The zero-order valence-corrected chi connectivity index (χ0v) is 16.0. The van der Waals surface area contributed by atoms with Crippen LogP contribution in [0.15, 0.2) is 46.1 Å². The van der Waals surface area contributed by atoms with Gasteiger partial charge in [0.25, 0.3) is 0 Å². The molecule has 0 fully saturated rings. The molecule has 0 spiro atoms. The summed E-state index contributed by atoms with van der Waals surface area (Å²) < 4.78 is 5.68. The molecule has 2 amide bonds. The lowest BCUT2D eigenvalue weighted by Crippen LogP contribution is -2.18. The third-order valence-electron chi connectivity index (χ3n) is 3.12. The Kier molecular flexibility index (Phi) is 6.21. The zero-order chi connectivity index (χ0) is 18.4. The van der Waals surface area contributed by atoms with Gasteiger partial charge in [-0.25, -0.2) is 4.79 Å². The molecule has 2 aromatic heterocycles. The van der Waals surface area contributed by atoms with Gasteiger partial charge in [-0.1, -0.05) is 23.1 Å². The number of carbonyl (C=O) groups is 2. The highest BCUT2D eigenvalue weighted by Crippen LogP contribution is 2.26. The van der Waals surface area contributed by atoms with Gasteiger partial charge in [-0.15, -0.1) is 21.5 Å². The van der Waals surface area contributed by atoms with Gasteiger partial charge in [-0.2, -0.15) is 0 Å². The van der Waals surface area contributed by atoms with Crippen molar-refractivity contribution in [3.8, 4) is 5.75 Å². The Labute approximate surface area is 161 Å². The molecule has 134 valence electrons. The molecule has 0 unspecified atom stereocenters. The fourth-order valence-electron chi connectivity index (χ4n) is 1.90. The Hall–Kier alpha value is -2.43. The van der Waals surface area contributed by atoms with Crippen molar-refractivity contribution in [1.29, 1.82) is 0 Å². The molecule has 0 aliphatic heterocycles. The summed E-state index contributed by atoms with van der Waals surface area (Å²) >= 11 is 3.92. The van der Waals surface area contributed by atoms with Crippen molar-refractivity contribution in [3.63, 3.8) is 0 Å². The van der Waals surface area contributed by atoms with Crippen molar-refractivity contribution >= 4 is 56.4 Å². The second kappa shape index (κ2) is 8.79. The predicted molar refractivity (Wildman–Crippen MR) is 105 cm³/mol. The minimum absolute atomic E-state index is 0.0159. The third kappa shape index (κ3) is 5.04. The van der Waals surface area contributed by atoms with E-state index in [1.807, 2.05) is 11.4 Å². The normalized spacial score (nSPS) is 10.3. The number of anilines is 2. The van der Waals surface area contributed by atoms with Crippen LogP contribution in [-0.4, -0.2) is 34.9 Å². The largest absolute Gasteiger partial charge is 0.497 e. The highest BCUT2D eigenvalue weighted by atomic mass is 32.2. The predicted octanol–water partition coefficient (Wildman–Crippen LogP) is 4.23. The molecule has 0 aliphatic carbocycles. The number of amides is 2. The molecular weight excluding hydrogens is 392 g/mol. The maximum Gasteiger partial charge on any atom is 0.326 e. The van der Waals surface area contributed by atoms with E-state index in [0.29, 0.717) is 20.8 Å². The number of methoxy groups -OCH3 is 1. The molecule has 10 heteroatoms. The molecule has 0 radical (unpaired) electrons. The van der Waals surface area contributed by atoms with E-state index < -0.39 is 0 Å². The molecule has 7 nitrogen and oxygen atoms in total. The summed E-state index contributed by atoms with van der Waals surface area (Å²) in [5.41, 5.74) is 0.608. The number of hydrogen-bond donors (Lipinski definition) is 2. The summed E-state index contributed by atoms with van der Waals surface area (Å²) in [4.78, 5) is 24.0. The van der Waals surface area contributed by atoms with Gasteiger partial charge in [-0.05, 0) is 41.8 Å². The topological polar surface area (TPSA) is 93.2 Å². The highest BCUT2D eigenvalue weighted by molar-refractivity contribution is 8.01. The van der Waals surface area contributed by atoms with Crippen LogP contribution in [-0.2, 0) is 0 Å². The van der Waals surface area contributed by atoms with Crippen LogP contribution in [0.3, 0.4) is 0 Å². The number of thiophene rings is 1. The van der Waals surface area contributed by atoms with Crippen LogP contribution < -0.4 is 15.4 Å². The van der Waals surface area contributed by atoms with Crippen molar-refractivity contribution in [2.75, 3.05) is 23.5 Å². The van der Waals surface area contributed by atoms with Gasteiger partial charge in [-0.3, -0.25) is 15.4 Å². The number of ether oxygens (including phenoxy) is 1. The Morgan fingerprint density at radius 1 is 1.15 bits per heavy atom. The molecule has 0 aliphatic rings. The van der Waals surface area contributed by atoms with Gasteiger partial charge in [0.1, 0.15) is 5.75 Å². The van der Waals surface area contributed by atoms with Gasteiger partial charge in [0.15, 0.2) is 10.1 Å². The van der Waals surface area contributed by atoms with Crippen molar-refractivity contribution in [3.05, 3.63) is 47.3 Å². The number of thioether (sulfide) groups is 1. The molecular formula is C16H14N4O3S3. The highest BCUT2D eigenvalue weighted by Gasteiger charge is 2.12. The standard InChI is InChI=1S/C16H14N4O3S3/c1-23-11-6-4-10(5-7-11)12(21)9-25-16-20-19-15(26-16)18-14(22)17-13-3-2-8-24-13/h2-8H,9H2,1H3,(H2,17,18,19,22). The quantitative estimate of drug-likeness (QED) is 0.347. The Balaban J connectivity index is 1.49. The van der Waals surface area contributed by atoms with Crippen LogP contribution in [0.4, 0.5) is 14.9 Å². The first-order valence-electron chi connectivity index (χ1n) is 7.39. The molecule has 0 saturated heterocycles. The summed E-state index contributed by atoms with van der Waals surface area (Å²) in [5.74, 6) is 0.926. The molecule has 2 N–H and O–H groups in total. The van der Waals surface area contributed by atoms with Crippen LogP contribution in [0.5, 0.6) is 5.75 Å². The van der Waals surface area contributed by atoms with Crippen LogP contribution in [0.2, 0.25) is 0 Å². The average Bonchev–Trinajstić information content (AvgIpc) is 3.31. The number of benzene rings is 1. The summed E-state index contributed by atoms with van der Waals surface area (Å²) in [7, 11) is 1.58. The molecule has 3 aromatic rings. The maximum atomic E-state index is 12.2. The van der Waals surface area contributed by atoms with Gasteiger partial charge >= 0.3 is 6.03 Å². The first kappa shape index (κ1) is 18.4. The van der Waals surface area contributed by atoms with Crippen LogP contribution in [0.25, 0.3) is 0 Å². The molecule has 0 saturated carbocycles. The van der Waals surface area contributed by atoms with E-state index in [1.165, 1.54) is 34.4 Å². The molecule has 0 atom stereocenters. The van der Waals surface area contributed by atoms with E-state index in [4.69, 9.17) is 4.74 Å². The number of rotatable bonds is 7. The SMILES string of the molecule is COc1ccc(C(=O)CSc2nnc(NC(=O)Nc3cccs3)s2)cc1. The number of urea groups is 1. The fourth-order valence-corrected chi connectivity index (χ4v) is 4.15. The van der Waals surface area contributed by atoms with Crippen molar-refractivity contribution in [1.82, 2.24) is 10.2 Å². The van der Waals surface area contributed by atoms with E-state index in [1.54, 1.807) is 37.4 Å². The van der Waals surface area contributed by atoms with Gasteiger partial charge < -0.3 is 4.74 Å². The minimum Gasteiger partial charge on any atom is -0.497 e. The number of carbonyl (C=O) groups excluding carboxylic acids is 2. The lowest BCUT2D eigenvalue weighted by molar-refractivity contribution is 0.102. The van der Waals surface area contributed by atoms with Crippen molar-refractivity contribution < 1.29 is 14.3 Å². The van der Waals surface area contributed by atoms with E-state index in [9.17, 15) is 9.59 Å². The minimum atomic E-state index is -0.380. The maximum absolute atomic E-state index is 12.2. The number of hydrogen-bond acceptors (Lipinski definition) is 8. The number of aromatic nitrogens is 2. The Bertz CT molecular complexity index is 879. The monoisotopic (exact) mass is 406 g/mol. The van der Waals surface area contributed by atoms with Crippen LogP contribution in [0.1, 0.15) is 10.4 Å². The molecule has 26 heavy (non-hydrogen) atoms. The van der Waals surface area contributed by atoms with E-state index >= 15 is 0 Å². The third-order valence-corrected chi connectivity index (χ3v) is 5.88. The molecule has 2 heterocycles.